The van der Waals surface area contributed by atoms with Gasteiger partial charge in [0.25, 0.3) is 0 Å². The van der Waals surface area contributed by atoms with Crippen molar-refractivity contribution in [2.24, 2.45) is 5.92 Å². The van der Waals surface area contributed by atoms with Crippen LogP contribution in [0.5, 0.6) is 5.75 Å². The molecule has 3 heteroatoms. The maximum absolute atomic E-state index is 12.5. The molecule has 1 amide bonds. The van der Waals surface area contributed by atoms with Crippen LogP contribution in [-0.2, 0) is 4.79 Å². The van der Waals surface area contributed by atoms with Crippen LogP contribution in [0.1, 0.15) is 56.3 Å². The third kappa shape index (κ3) is 3.97. The third-order valence-electron chi connectivity index (χ3n) is 4.99. The number of benzene rings is 3. The average molecular weight is 361 g/mol. The van der Waals surface area contributed by atoms with E-state index in [2.05, 4.69) is 31.3 Å². The van der Waals surface area contributed by atoms with Crippen molar-refractivity contribution >= 4 is 16.7 Å². The predicted molar refractivity (Wildman–Crippen MR) is 111 cm³/mol. The van der Waals surface area contributed by atoms with Crippen molar-refractivity contribution in [3.8, 4) is 5.75 Å². The molecule has 1 atom stereocenters. The Morgan fingerprint density at radius 3 is 2.11 bits per heavy atom. The van der Waals surface area contributed by atoms with Crippen LogP contribution in [0.3, 0.4) is 0 Å². The van der Waals surface area contributed by atoms with Gasteiger partial charge in [-0.05, 0) is 22.4 Å². The van der Waals surface area contributed by atoms with Crippen molar-refractivity contribution < 1.29 is 9.90 Å². The molecule has 3 aromatic carbocycles. The zero-order chi connectivity index (χ0) is 19.6. The van der Waals surface area contributed by atoms with Crippen molar-refractivity contribution in [1.29, 1.82) is 0 Å². The van der Waals surface area contributed by atoms with E-state index in [9.17, 15) is 9.90 Å². The first-order valence-electron chi connectivity index (χ1n) is 9.49. The fourth-order valence-corrected chi connectivity index (χ4v) is 3.23. The molecule has 3 aromatic rings. The van der Waals surface area contributed by atoms with E-state index < -0.39 is 6.04 Å². The van der Waals surface area contributed by atoms with Gasteiger partial charge in [0.05, 0.1) is 6.04 Å². The normalized spacial score (nSPS) is 12.5. The van der Waals surface area contributed by atoms with Crippen LogP contribution in [0.25, 0.3) is 10.8 Å². The molecule has 27 heavy (non-hydrogen) atoms. The van der Waals surface area contributed by atoms with Crippen LogP contribution in [0.2, 0.25) is 0 Å². The molecule has 3 nitrogen and oxygen atoms in total. The SMILES string of the molecule is CC(C)C(=O)N[C@@H](c1ccc(C(C)C)cc1)c1ccc2ccccc2c1O. The van der Waals surface area contributed by atoms with E-state index in [4.69, 9.17) is 0 Å². The molecule has 2 N–H and O–H groups in total. The highest BCUT2D eigenvalue weighted by Crippen LogP contribution is 2.36. The smallest absolute Gasteiger partial charge is 0.223 e. The Bertz CT molecular complexity index is 942. The van der Waals surface area contributed by atoms with Gasteiger partial charge in [0.1, 0.15) is 5.75 Å². The molecule has 0 aliphatic rings. The molecule has 0 bridgehead atoms. The molecule has 0 aliphatic carbocycles. The Labute approximate surface area is 161 Å². The van der Waals surface area contributed by atoms with E-state index in [1.165, 1.54) is 5.56 Å². The van der Waals surface area contributed by atoms with Crippen LogP contribution >= 0.6 is 0 Å². The molecular weight excluding hydrogens is 334 g/mol. The summed E-state index contributed by atoms with van der Waals surface area (Å²) in [5.41, 5.74) is 2.91. The summed E-state index contributed by atoms with van der Waals surface area (Å²) in [5.74, 6) is 0.484. The lowest BCUT2D eigenvalue weighted by Gasteiger charge is -2.23. The number of amides is 1. The zero-order valence-corrected chi connectivity index (χ0v) is 16.4. The van der Waals surface area contributed by atoms with E-state index in [1.807, 2.05) is 62.4 Å². The number of nitrogens with one attached hydrogen (secondary N) is 1. The molecule has 0 aliphatic heterocycles. The molecule has 0 aromatic heterocycles. The van der Waals surface area contributed by atoms with Crippen molar-refractivity contribution in [2.45, 2.75) is 39.7 Å². The molecule has 0 fully saturated rings. The Morgan fingerprint density at radius 2 is 1.48 bits per heavy atom. The van der Waals surface area contributed by atoms with Crippen LogP contribution in [0.4, 0.5) is 0 Å². The van der Waals surface area contributed by atoms with Gasteiger partial charge in [-0.2, -0.15) is 0 Å². The lowest BCUT2D eigenvalue weighted by atomic mass is 9.92. The number of rotatable bonds is 5. The van der Waals surface area contributed by atoms with Gasteiger partial charge in [-0.15, -0.1) is 0 Å². The fourth-order valence-electron chi connectivity index (χ4n) is 3.23. The number of carbonyl (C=O) groups excluding carboxylic acids is 1. The minimum absolute atomic E-state index is 0.0412. The van der Waals surface area contributed by atoms with Gasteiger partial charge in [-0.1, -0.05) is 88.4 Å². The summed E-state index contributed by atoms with van der Waals surface area (Å²) >= 11 is 0. The molecule has 3 rings (SSSR count). The minimum atomic E-state index is -0.397. The lowest BCUT2D eigenvalue weighted by molar-refractivity contribution is -0.124. The monoisotopic (exact) mass is 361 g/mol. The van der Waals surface area contributed by atoms with Gasteiger partial charge in [-0.3, -0.25) is 4.79 Å². The fraction of sp³-hybridized carbons (Fsp3) is 0.292. The molecule has 0 spiro atoms. The molecule has 140 valence electrons. The lowest BCUT2D eigenvalue weighted by Crippen LogP contribution is -2.32. The first-order chi connectivity index (χ1) is 12.9. The van der Waals surface area contributed by atoms with Gasteiger partial charge in [-0.25, -0.2) is 0 Å². The highest BCUT2D eigenvalue weighted by molar-refractivity contribution is 5.90. The number of hydrogen-bond acceptors (Lipinski definition) is 2. The van der Waals surface area contributed by atoms with Gasteiger partial charge in [0.15, 0.2) is 0 Å². The third-order valence-corrected chi connectivity index (χ3v) is 4.99. The van der Waals surface area contributed by atoms with Crippen LogP contribution in [0.15, 0.2) is 60.7 Å². The van der Waals surface area contributed by atoms with Crippen molar-refractivity contribution in [3.05, 3.63) is 77.4 Å². The first kappa shape index (κ1) is 19.0. The summed E-state index contributed by atoms with van der Waals surface area (Å²) in [7, 11) is 0. The summed E-state index contributed by atoms with van der Waals surface area (Å²) in [6.45, 7) is 8.05. The second-order valence-corrected chi connectivity index (χ2v) is 7.64. The van der Waals surface area contributed by atoms with Crippen molar-refractivity contribution in [3.63, 3.8) is 0 Å². The maximum atomic E-state index is 12.5. The minimum Gasteiger partial charge on any atom is -0.507 e. The van der Waals surface area contributed by atoms with Crippen molar-refractivity contribution in [2.75, 3.05) is 0 Å². The second kappa shape index (κ2) is 7.83. The Morgan fingerprint density at radius 1 is 0.852 bits per heavy atom. The molecule has 0 unspecified atom stereocenters. The highest BCUT2D eigenvalue weighted by Gasteiger charge is 2.22. The predicted octanol–water partition coefficient (Wildman–Crippen LogP) is 5.53. The zero-order valence-electron chi connectivity index (χ0n) is 16.4. The highest BCUT2D eigenvalue weighted by atomic mass is 16.3. The number of aromatic hydroxyl groups is 1. The van der Waals surface area contributed by atoms with Gasteiger partial charge < -0.3 is 10.4 Å². The van der Waals surface area contributed by atoms with Crippen LogP contribution < -0.4 is 5.32 Å². The summed E-state index contributed by atoms with van der Waals surface area (Å²) < 4.78 is 0. The number of carbonyl (C=O) groups is 1. The van der Waals surface area contributed by atoms with Crippen molar-refractivity contribution in [1.82, 2.24) is 5.32 Å². The summed E-state index contributed by atoms with van der Waals surface area (Å²) in [5, 5.41) is 15.8. The van der Waals surface area contributed by atoms with Crippen LogP contribution in [-0.4, -0.2) is 11.0 Å². The van der Waals surface area contributed by atoms with Gasteiger partial charge in [0.2, 0.25) is 5.91 Å². The average Bonchev–Trinajstić information content (AvgIpc) is 2.67. The van der Waals surface area contributed by atoms with E-state index >= 15 is 0 Å². The molecule has 0 radical (unpaired) electrons. The number of fused-ring (bicyclic) bond motifs is 1. The topological polar surface area (TPSA) is 49.3 Å². The maximum Gasteiger partial charge on any atom is 0.223 e. The van der Waals surface area contributed by atoms with Crippen LogP contribution in [0, 0.1) is 5.92 Å². The molecule has 0 saturated heterocycles. The molecule has 0 heterocycles. The van der Waals surface area contributed by atoms with E-state index in [0.29, 0.717) is 11.5 Å². The van der Waals surface area contributed by atoms with Gasteiger partial charge >= 0.3 is 0 Å². The number of phenols is 1. The Balaban J connectivity index is 2.09. The van der Waals surface area contributed by atoms with E-state index in [-0.39, 0.29) is 17.6 Å². The number of phenolic OH excluding ortho intramolecular Hbond substituents is 1. The summed E-state index contributed by atoms with van der Waals surface area (Å²) in [6, 6.07) is 19.5. The Kier molecular flexibility index (Phi) is 5.50. The molecule has 0 saturated carbocycles. The standard InChI is InChI=1S/C24H27NO2/c1-15(2)17-9-11-19(12-10-17)22(25-24(27)16(3)4)21-14-13-18-7-5-6-8-20(18)23(21)26/h5-16,22,26H,1-4H3,(H,25,27)/t22-/m0/s1. The summed E-state index contributed by atoms with van der Waals surface area (Å²) in [6.07, 6.45) is 0. The quantitative estimate of drug-likeness (QED) is 0.628. The number of hydrogen-bond donors (Lipinski definition) is 2. The van der Waals surface area contributed by atoms with Gasteiger partial charge in [0, 0.05) is 16.9 Å². The van der Waals surface area contributed by atoms with E-state index in [0.717, 1.165) is 16.3 Å². The first-order valence-corrected chi connectivity index (χ1v) is 9.49. The summed E-state index contributed by atoms with van der Waals surface area (Å²) in [4.78, 5) is 12.5. The molecular formula is C24H27NO2. The second-order valence-electron chi connectivity index (χ2n) is 7.64. The van der Waals surface area contributed by atoms with E-state index in [1.54, 1.807) is 0 Å². The largest absolute Gasteiger partial charge is 0.507 e. The Hall–Kier alpha value is -2.81.